The molecule has 0 radical (unpaired) electrons. The summed E-state index contributed by atoms with van der Waals surface area (Å²) in [6.45, 7) is 4.42. The van der Waals surface area contributed by atoms with Crippen molar-refractivity contribution in [3.8, 4) is 0 Å². The van der Waals surface area contributed by atoms with Gasteiger partial charge in [0.25, 0.3) is 0 Å². The lowest BCUT2D eigenvalue weighted by atomic mass is 10.0. The van der Waals surface area contributed by atoms with Crippen LogP contribution in [-0.2, 0) is 9.59 Å². The minimum absolute atomic E-state index is 0.0330. The van der Waals surface area contributed by atoms with Gasteiger partial charge >= 0.3 is 12.0 Å². The molecule has 17 heavy (non-hydrogen) atoms. The maximum absolute atomic E-state index is 11.3. The van der Waals surface area contributed by atoms with E-state index in [1.165, 1.54) is 6.08 Å². The monoisotopic (exact) mass is 241 g/mol. The lowest BCUT2D eigenvalue weighted by Gasteiger charge is -2.35. The molecule has 0 bridgehead atoms. The van der Waals surface area contributed by atoms with Crippen LogP contribution in [0.25, 0.3) is 0 Å². The summed E-state index contributed by atoms with van der Waals surface area (Å²) in [7, 11) is 0. The minimum Gasteiger partial charge on any atom is -0.481 e. The number of nitrogens with zero attached hydrogens (tertiary/aromatic N) is 1. The molecule has 1 heterocycles. The second kappa shape index (κ2) is 6.00. The predicted molar refractivity (Wildman–Crippen MR) is 59.3 cm³/mol. The summed E-state index contributed by atoms with van der Waals surface area (Å²) in [4.78, 5) is 34.5. The van der Waals surface area contributed by atoms with Gasteiger partial charge in [0.15, 0.2) is 0 Å². The summed E-state index contributed by atoms with van der Waals surface area (Å²) in [6, 6.07) is -0.579. The second-order valence-electron chi connectivity index (χ2n) is 3.78. The number of amides is 3. The molecule has 1 rings (SSSR count). The highest BCUT2D eigenvalue weighted by Crippen LogP contribution is 2.14. The molecule has 3 N–H and O–H groups in total. The molecule has 0 aromatic rings. The zero-order valence-corrected chi connectivity index (χ0v) is 9.31. The van der Waals surface area contributed by atoms with Gasteiger partial charge in [-0.25, -0.2) is 4.79 Å². The molecule has 0 aromatic heterocycles. The lowest BCUT2D eigenvalue weighted by Crippen LogP contribution is -2.54. The average molecular weight is 241 g/mol. The topological polar surface area (TPSA) is 98.7 Å². The molecular weight excluding hydrogens is 226 g/mol. The summed E-state index contributed by atoms with van der Waals surface area (Å²) < 4.78 is 0. The molecule has 1 saturated heterocycles. The van der Waals surface area contributed by atoms with E-state index in [9.17, 15) is 14.4 Å². The maximum Gasteiger partial charge on any atom is 0.321 e. The van der Waals surface area contributed by atoms with Gasteiger partial charge in [0.1, 0.15) is 0 Å². The van der Waals surface area contributed by atoms with E-state index in [1.807, 2.05) is 0 Å². The van der Waals surface area contributed by atoms with Crippen LogP contribution in [0.1, 0.15) is 0 Å². The van der Waals surface area contributed by atoms with Crippen LogP contribution in [-0.4, -0.2) is 54.1 Å². The van der Waals surface area contributed by atoms with Gasteiger partial charge in [0, 0.05) is 19.6 Å². The average Bonchev–Trinajstić information content (AvgIpc) is 2.19. The quantitative estimate of drug-likeness (QED) is 0.537. The Labute approximate surface area is 98.5 Å². The molecule has 0 unspecified atom stereocenters. The van der Waals surface area contributed by atoms with E-state index in [2.05, 4.69) is 17.2 Å². The first kappa shape index (κ1) is 13.2. The Kier molecular flexibility index (Phi) is 4.65. The van der Waals surface area contributed by atoms with E-state index < -0.39 is 23.8 Å². The lowest BCUT2D eigenvalue weighted by molar-refractivity contribution is -0.148. The van der Waals surface area contributed by atoms with E-state index in [4.69, 9.17) is 5.11 Å². The summed E-state index contributed by atoms with van der Waals surface area (Å²) in [6.07, 6.45) is 1.50. The highest BCUT2D eigenvalue weighted by Gasteiger charge is 2.33. The molecule has 94 valence electrons. The van der Waals surface area contributed by atoms with E-state index in [0.29, 0.717) is 13.1 Å². The van der Waals surface area contributed by atoms with Crippen LogP contribution in [0, 0.1) is 5.92 Å². The Morgan fingerprint density at radius 1 is 1.41 bits per heavy atom. The molecule has 0 aliphatic carbocycles. The summed E-state index contributed by atoms with van der Waals surface area (Å²) >= 11 is 0. The fraction of sp³-hybridized carbons (Fsp3) is 0.500. The van der Waals surface area contributed by atoms with Gasteiger partial charge in [-0.15, -0.1) is 6.58 Å². The Hall–Kier alpha value is -1.89. The number of imide groups is 1. The molecule has 0 spiro atoms. The van der Waals surface area contributed by atoms with Crippen molar-refractivity contribution in [3.05, 3.63) is 12.7 Å². The van der Waals surface area contributed by atoms with Crippen LogP contribution in [0.5, 0.6) is 0 Å². The number of nitrogens with one attached hydrogen (secondary N) is 2. The first-order valence-corrected chi connectivity index (χ1v) is 5.16. The second-order valence-corrected chi connectivity index (χ2v) is 3.78. The summed E-state index contributed by atoms with van der Waals surface area (Å²) in [5.74, 6) is -1.71. The number of aliphatic carboxylic acids is 1. The Bertz CT molecular complexity index is 336. The number of hydrogen-bond donors (Lipinski definition) is 3. The third-order valence-corrected chi connectivity index (χ3v) is 2.33. The number of carboxylic acid groups (broad SMARTS) is 1. The number of carboxylic acids is 1. The highest BCUT2D eigenvalue weighted by atomic mass is 16.4. The van der Waals surface area contributed by atoms with Gasteiger partial charge in [-0.2, -0.15) is 0 Å². The smallest absolute Gasteiger partial charge is 0.321 e. The molecule has 0 saturated carbocycles. The van der Waals surface area contributed by atoms with Gasteiger partial charge < -0.3 is 10.4 Å². The van der Waals surface area contributed by atoms with Crippen molar-refractivity contribution in [1.82, 2.24) is 15.5 Å². The molecular formula is C10H15N3O4. The number of urea groups is 1. The summed E-state index contributed by atoms with van der Waals surface area (Å²) in [5, 5.41) is 13.2. The van der Waals surface area contributed by atoms with Crippen LogP contribution in [0.2, 0.25) is 0 Å². The van der Waals surface area contributed by atoms with E-state index in [-0.39, 0.29) is 13.1 Å². The molecule has 1 aliphatic heterocycles. The SMILES string of the molecule is C=CCNC(=O)NC(=O)CN1CC(C(=O)O)C1. The molecule has 3 amide bonds. The van der Waals surface area contributed by atoms with Crippen molar-refractivity contribution < 1.29 is 19.5 Å². The Morgan fingerprint density at radius 3 is 2.59 bits per heavy atom. The number of rotatable bonds is 5. The Balaban J connectivity index is 2.16. The van der Waals surface area contributed by atoms with E-state index in [0.717, 1.165) is 0 Å². The zero-order chi connectivity index (χ0) is 12.8. The minimum atomic E-state index is -0.856. The Morgan fingerprint density at radius 2 is 2.06 bits per heavy atom. The maximum atomic E-state index is 11.3. The third-order valence-electron chi connectivity index (χ3n) is 2.33. The fourth-order valence-corrected chi connectivity index (χ4v) is 1.43. The fourth-order valence-electron chi connectivity index (χ4n) is 1.43. The normalized spacial score (nSPS) is 15.8. The molecule has 0 atom stereocenters. The van der Waals surface area contributed by atoms with Crippen LogP contribution in [0.4, 0.5) is 4.79 Å². The van der Waals surface area contributed by atoms with Crippen molar-refractivity contribution in [2.75, 3.05) is 26.2 Å². The number of hydrogen-bond acceptors (Lipinski definition) is 4. The number of carbonyl (C=O) groups is 3. The van der Waals surface area contributed by atoms with Crippen molar-refractivity contribution >= 4 is 17.9 Å². The van der Waals surface area contributed by atoms with Gasteiger partial charge in [0.05, 0.1) is 12.5 Å². The number of likely N-dealkylation sites (tertiary alicyclic amines) is 1. The van der Waals surface area contributed by atoms with Crippen LogP contribution in [0.15, 0.2) is 12.7 Å². The molecule has 7 heteroatoms. The van der Waals surface area contributed by atoms with E-state index >= 15 is 0 Å². The van der Waals surface area contributed by atoms with Crippen LogP contribution >= 0.6 is 0 Å². The van der Waals surface area contributed by atoms with Crippen LogP contribution < -0.4 is 10.6 Å². The highest BCUT2D eigenvalue weighted by molar-refractivity contribution is 5.95. The van der Waals surface area contributed by atoms with E-state index in [1.54, 1.807) is 4.90 Å². The standard InChI is InChI=1S/C10H15N3O4/c1-2-3-11-10(17)12-8(14)6-13-4-7(5-13)9(15)16/h2,7H,1,3-6H2,(H,15,16)(H2,11,12,14,17). The summed E-state index contributed by atoms with van der Waals surface area (Å²) in [5.41, 5.74) is 0. The first-order chi connectivity index (χ1) is 8.02. The number of carbonyl (C=O) groups excluding carboxylic acids is 2. The predicted octanol–water partition coefficient (Wildman–Crippen LogP) is -0.985. The van der Waals surface area contributed by atoms with Gasteiger partial charge in [-0.3, -0.25) is 19.8 Å². The van der Waals surface area contributed by atoms with Crippen molar-refractivity contribution in [2.45, 2.75) is 0 Å². The van der Waals surface area contributed by atoms with Gasteiger partial charge in [-0.1, -0.05) is 6.08 Å². The van der Waals surface area contributed by atoms with Crippen molar-refractivity contribution in [2.24, 2.45) is 5.92 Å². The molecule has 0 aromatic carbocycles. The van der Waals surface area contributed by atoms with Gasteiger partial charge in [-0.05, 0) is 0 Å². The van der Waals surface area contributed by atoms with Crippen molar-refractivity contribution in [1.29, 1.82) is 0 Å². The molecule has 1 fully saturated rings. The van der Waals surface area contributed by atoms with Gasteiger partial charge in [0.2, 0.25) is 5.91 Å². The van der Waals surface area contributed by atoms with Crippen molar-refractivity contribution in [3.63, 3.8) is 0 Å². The molecule has 1 aliphatic rings. The third kappa shape index (κ3) is 4.23. The first-order valence-electron chi connectivity index (χ1n) is 5.16. The molecule has 7 nitrogen and oxygen atoms in total. The zero-order valence-electron chi connectivity index (χ0n) is 9.31. The van der Waals surface area contributed by atoms with Crippen LogP contribution in [0.3, 0.4) is 0 Å². The largest absolute Gasteiger partial charge is 0.481 e.